The molecule has 4 N–H and O–H groups in total. The molecule has 0 heterocycles. The van der Waals surface area contributed by atoms with Crippen molar-refractivity contribution >= 4 is 23.9 Å². The molecule has 15 heavy (non-hydrogen) atoms. The van der Waals surface area contributed by atoms with Gasteiger partial charge in [-0.2, -0.15) is 0 Å². The molecule has 0 spiro atoms. The molecule has 0 aliphatic heterocycles. The summed E-state index contributed by atoms with van der Waals surface area (Å²) in [6.07, 6.45) is 18.0. The summed E-state index contributed by atoms with van der Waals surface area (Å²) in [7, 11) is 0. The van der Waals surface area contributed by atoms with Crippen LogP contribution in [0.5, 0.6) is 0 Å². The number of hydrogen-bond donors (Lipinski definition) is 0. The molecule has 0 saturated heterocycles. The van der Waals surface area contributed by atoms with Gasteiger partial charge in [-0.3, -0.25) is 0 Å². The average Bonchev–Trinajstić information content (AvgIpc) is 2.24. The van der Waals surface area contributed by atoms with E-state index < -0.39 is 0 Å². The van der Waals surface area contributed by atoms with Crippen molar-refractivity contribution in [2.45, 2.75) is 77.0 Å². The summed E-state index contributed by atoms with van der Waals surface area (Å²) in [6, 6.07) is 0. The third kappa shape index (κ3) is 14.7. The van der Waals surface area contributed by atoms with Crippen LogP contribution in [0, 0.1) is 0 Å². The minimum absolute atomic E-state index is 0. The second-order valence-electron chi connectivity index (χ2n) is 4.24. The van der Waals surface area contributed by atoms with Gasteiger partial charge in [0.1, 0.15) is 0 Å². The molecule has 2 rings (SSSR count). The molecular weight excluding hydrogens is 295 g/mol. The van der Waals surface area contributed by atoms with Crippen molar-refractivity contribution in [1.29, 1.82) is 0 Å². The second kappa shape index (κ2) is 17.1. The molecule has 4 radical (unpaired) electrons. The van der Waals surface area contributed by atoms with E-state index in [2.05, 4.69) is 0 Å². The fourth-order valence-electron chi connectivity index (χ4n) is 2.12. The van der Waals surface area contributed by atoms with Crippen LogP contribution in [0.25, 0.3) is 0 Å². The van der Waals surface area contributed by atoms with E-state index in [1.165, 1.54) is 77.0 Å². The SMILES string of the molecule is C1CCCCC1.C1CCCCC1.O.O.[Sn]. The van der Waals surface area contributed by atoms with Crippen molar-refractivity contribution in [3.63, 3.8) is 0 Å². The Morgan fingerprint density at radius 3 is 0.400 bits per heavy atom. The van der Waals surface area contributed by atoms with E-state index in [4.69, 9.17) is 0 Å². The largest absolute Gasteiger partial charge is 0.412 e. The number of hydrogen-bond acceptors (Lipinski definition) is 0. The van der Waals surface area contributed by atoms with E-state index in [0.29, 0.717) is 0 Å². The first-order valence-electron chi connectivity index (χ1n) is 6.00. The molecule has 2 nitrogen and oxygen atoms in total. The molecule has 2 fully saturated rings. The van der Waals surface area contributed by atoms with Crippen molar-refractivity contribution in [2.24, 2.45) is 0 Å². The molecule has 2 aliphatic rings. The average molecular weight is 323 g/mol. The van der Waals surface area contributed by atoms with Crippen LogP contribution in [0.3, 0.4) is 0 Å². The van der Waals surface area contributed by atoms with Crippen molar-refractivity contribution in [3.05, 3.63) is 0 Å². The Balaban J connectivity index is -0.000000160. The Morgan fingerprint density at radius 1 is 0.267 bits per heavy atom. The van der Waals surface area contributed by atoms with Crippen molar-refractivity contribution in [2.75, 3.05) is 0 Å². The van der Waals surface area contributed by atoms with Crippen LogP contribution in [0.1, 0.15) is 77.0 Å². The topological polar surface area (TPSA) is 63.0 Å². The fraction of sp³-hybridized carbons (Fsp3) is 1.00. The normalized spacial score (nSPS) is 19.2. The van der Waals surface area contributed by atoms with Gasteiger partial charge in [0.2, 0.25) is 0 Å². The maximum atomic E-state index is 1.50. The van der Waals surface area contributed by atoms with Gasteiger partial charge in [-0.05, 0) is 0 Å². The maximum Gasteiger partial charge on any atom is 0 e. The van der Waals surface area contributed by atoms with Crippen molar-refractivity contribution in [1.82, 2.24) is 0 Å². The predicted octanol–water partition coefficient (Wildman–Crippen LogP) is 2.65. The summed E-state index contributed by atoms with van der Waals surface area (Å²) >= 11 is 0. The third-order valence-corrected chi connectivity index (χ3v) is 3.00. The molecule has 2 saturated carbocycles. The van der Waals surface area contributed by atoms with Gasteiger partial charge in [0.15, 0.2) is 0 Å². The fourth-order valence-corrected chi connectivity index (χ4v) is 2.12. The zero-order chi connectivity index (χ0) is 8.49. The molecule has 0 aromatic rings. The Hall–Kier alpha value is 0.719. The smallest absolute Gasteiger partial charge is 0 e. The van der Waals surface area contributed by atoms with E-state index in [-0.39, 0.29) is 34.9 Å². The van der Waals surface area contributed by atoms with Gasteiger partial charge < -0.3 is 11.0 Å². The van der Waals surface area contributed by atoms with Crippen molar-refractivity contribution in [3.8, 4) is 0 Å². The number of rotatable bonds is 0. The van der Waals surface area contributed by atoms with Crippen LogP contribution >= 0.6 is 0 Å². The molecule has 92 valence electrons. The maximum absolute atomic E-state index is 1.50. The van der Waals surface area contributed by atoms with Gasteiger partial charge in [0.05, 0.1) is 0 Å². The van der Waals surface area contributed by atoms with Crippen LogP contribution in [-0.4, -0.2) is 34.9 Å². The van der Waals surface area contributed by atoms with E-state index in [0.717, 1.165) is 0 Å². The van der Waals surface area contributed by atoms with Crippen LogP contribution in [0.15, 0.2) is 0 Å². The van der Waals surface area contributed by atoms with Gasteiger partial charge in [0, 0.05) is 23.9 Å². The van der Waals surface area contributed by atoms with Gasteiger partial charge in [-0.25, -0.2) is 0 Å². The van der Waals surface area contributed by atoms with Crippen LogP contribution in [0.4, 0.5) is 0 Å². The molecule has 0 bridgehead atoms. The molecule has 0 aromatic heterocycles. The van der Waals surface area contributed by atoms with Gasteiger partial charge in [-0.1, -0.05) is 77.0 Å². The summed E-state index contributed by atoms with van der Waals surface area (Å²) < 4.78 is 0. The van der Waals surface area contributed by atoms with Crippen molar-refractivity contribution < 1.29 is 11.0 Å². The molecular formula is C12H28O2Sn. The minimum atomic E-state index is 0. The summed E-state index contributed by atoms with van der Waals surface area (Å²) in [4.78, 5) is 0. The quantitative estimate of drug-likeness (QED) is 0.615. The van der Waals surface area contributed by atoms with E-state index in [9.17, 15) is 0 Å². The standard InChI is InChI=1S/2C6H12.2H2O.Sn/c2*1-2-4-6-5-3-1;;;/h2*1-6H2;2*1H2;. The van der Waals surface area contributed by atoms with E-state index in [1.54, 1.807) is 0 Å². The van der Waals surface area contributed by atoms with Crippen LogP contribution in [0.2, 0.25) is 0 Å². The second-order valence-corrected chi connectivity index (χ2v) is 4.24. The summed E-state index contributed by atoms with van der Waals surface area (Å²) in [5.74, 6) is 0. The monoisotopic (exact) mass is 324 g/mol. The molecule has 0 atom stereocenters. The summed E-state index contributed by atoms with van der Waals surface area (Å²) in [5, 5.41) is 0. The first-order chi connectivity index (χ1) is 6.00. The van der Waals surface area contributed by atoms with Crippen LogP contribution in [-0.2, 0) is 0 Å². The molecule has 3 heteroatoms. The first kappa shape index (κ1) is 21.1. The van der Waals surface area contributed by atoms with E-state index in [1.807, 2.05) is 0 Å². The summed E-state index contributed by atoms with van der Waals surface area (Å²) in [5.41, 5.74) is 0. The van der Waals surface area contributed by atoms with Gasteiger partial charge in [-0.15, -0.1) is 0 Å². The Bertz CT molecular complexity index is 56.6. The Morgan fingerprint density at radius 2 is 0.333 bits per heavy atom. The van der Waals surface area contributed by atoms with Gasteiger partial charge in [0.25, 0.3) is 0 Å². The zero-order valence-electron chi connectivity index (χ0n) is 9.99. The molecule has 0 unspecified atom stereocenters. The Kier molecular flexibility index (Phi) is 24.0. The molecule has 0 aromatic carbocycles. The summed E-state index contributed by atoms with van der Waals surface area (Å²) in [6.45, 7) is 0. The van der Waals surface area contributed by atoms with Gasteiger partial charge >= 0.3 is 0 Å². The Labute approximate surface area is 112 Å². The third-order valence-electron chi connectivity index (χ3n) is 3.00. The van der Waals surface area contributed by atoms with Crippen LogP contribution < -0.4 is 0 Å². The molecule has 0 amide bonds. The minimum Gasteiger partial charge on any atom is -0.412 e. The molecule has 2 aliphatic carbocycles. The van der Waals surface area contributed by atoms with E-state index >= 15 is 0 Å². The zero-order valence-corrected chi connectivity index (χ0v) is 12.8. The predicted molar refractivity (Wildman–Crippen MR) is 68.4 cm³/mol. The first-order valence-corrected chi connectivity index (χ1v) is 6.00.